The van der Waals surface area contributed by atoms with Crippen molar-refractivity contribution in [3.05, 3.63) is 95.8 Å². The average Bonchev–Trinajstić information content (AvgIpc) is 4.12. The van der Waals surface area contributed by atoms with Crippen LogP contribution in [0.4, 0.5) is 14.4 Å². The molecule has 4 aliphatic heterocycles. The Balaban J connectivity index is 0.821. The van der Waals surface area contributed by atoms with Crippen molar-refractivity contribution in [3.8, 4) is 45.1 Å². The van der Waals surface area contributed by atoms with Crippen LogP contribution in [0.25, 0.3) is 33.6 Å². The van der Waals surface area contributed by atoms with Gasteiger partial charge in [-0.15, -0.1) is 0 Å². The Kier molecular flexibility index (Phi) is 12.6. The minimum atomic E-state index is -0.901. The molecule has 372 valence electrons. The van der Waals surface area contributed by atoms with E-state index in [2.05, 4.69) is 20.6 Å². The zero-order valence-electron chi connectivity index (χ0n) is 40.7. The van der Waals surface area contributed by atoms with Crippen molar-refractivity contribution in [1.82, 2.24) is 45.3 Å². The summed E-state index contributed by atoms with van der Waals surface area (Å²) in [5, 5.41) is 5.43. The molecule has 5 amide bonds. The summed E-state index contributed by atoms with van der Waals surface area (Å²) < 4.78 is 27.0. The molecule has 2 saturated heterocycles. The molecular weight excluding hydrogens is 911 g/mol. The number of carbonyl (C=O) groups is 5. The van der Waals surface area contributed by atoms with Crippen LogP contribution in [0.2, 0.25) is 0 Å². The predicted octanol–water partition coefficient (Wildman–Crippen LogP) is 7.47. The Bertz CT molecular complexity index is 2840. The van der Waals surface area contributed by atoms with Gasteiger partial charge in [-0.25, -0.2) is 24.4 Å². The van der Waals surface area contributed by atoms with Gasteiger partial charge in [0, 0.05) is 48.6 Å². The van der Waals surface area contributed by atoms with E-state index in [0.29, 0.717) is 42.7 Å². The van der Waals surface area contributed by atoms with E-state index < -0.39 is 42.5 Å². The van der Waals surface area contributed by atoms with Crippen molar-refractivity contribution in [3.63, 3.8) is 0 Å². The fraction of sp³-hybridized carbons (Fsp3) is 0.442. The second-order valence-corrected chi connectivity index (χ2v) is 19.9. The van der Waals surface area contributed by atoms with Crippen LogP contribution in [0.3, 0.4) is 0 Å². The fourth-order valence-electron chi connectivity index (χ4n) is 10.4. The Hall–Kier alpha value is -7.57. The number of fused-ring (bicyclic) bond motifs is 3. The highest BCUT2D eigenvalue weighted by molar-refractivity contribution is 5.87. The lowest BCUT2D eigenvalue weighted by Crippen LogP contribution is -2.51. The number of benzene rings is 3. The smallest absolute Gasteiger partial charge is 0.410 e. The van der Waals surface area contributed by atoms with Gasteiger partial charge in [-0.1, -0.05) is 82.3 Å². The zero-order chi connectivity index (χ0) is 49.7. The van der Waals surface area contributed by atoms with E-state index in [4.69, 9.17) is 33.7 Å². The first-order valence-corrected chi connectivity index (χ1v) is 24.2. The van der Waals surface area contributed by atoms with Crippen LogP contribution < -0.4 is 20.1 Å². The van der Waals surface area contributed by atoms with Gasteiger partial charge in [0.1, 0.15) is 29.8 Å². The van der Waals surface area contributed by atoms with E-state index in [1.165, 1.54) is 14.2 Å². The van der Waals surface area contributed by atoms with E-state index in [0.717, 1.165) is 64.2 Å². The SMILES string of the molecule is COC(=O)NC(C(=O)N1CC2(CC2)C[C@H]1c1nc(-c2ccc(-c3ccc(-c4c[nH]c([C@@H]5CC(OC(=O)N6Cc7ccc8c(c7C6)OCO8)CN5C(=O)[C@@H](NC(=O)OC)C(C)C)n4)cc3)cc2)c[nH]1)C(C)C. The van der Waals surface area contributed by atoms with Crippen molar-refractivity contribution < 1.29 is 47.7 Å². The molecule has 10 rings (SSSR count). The molecule has 2 aromatic heterocycles. The van der Waals surface area contributed by atoms with Crippen molar-refractivity contribution in [2.24, 2.45) is 17.3 Å². The van der Waals surface area contributed by atoms with E-state index in [9.17, 15) is 24.0 Å². The molecular formula is C52H59N9O10. The third kappa shape index (κ3) is 9.32. The van der Waals surface area contributed by atoms with Crippen molar-refractivity contribution in [2.45, 2.75) is 96.7 Å². The topological polar surface area (TPSA) is 223 Å². The number of rotatable bonds is 12. The van der Waals surface area contributed by atoms with Crippen LogP contribution in [-0.4, -0.2) is 117 Å². The first kappa shape index (κ1) is 47.1. The lowest BCUT2D eigenvalue weighted by Gasteiger charge is -2.30. The van der Waals surface area contributed by atoms with Gasteiger partial charge in [0.25, 0.3) is 0 Å². The van der Waals surface area contributed by atoms with Crippen molar-refractivity contribution in [1.29, 1.82) is 0 Å². The summed E-state index contributed by atoms with van der Waals surface area (Å²) in [6.07, 6.45) is 4.38. The molecule has 1 spiro atoms. The van der Waals surface area contributed by atoms with Gasteiger partial charge in [-0.2, -0.15) is 0 Å². The second-order valence-electron chi connectivity index (χ2n) is 19.9. The Morgan fingerprint density at radius 3 is 1.80 bits per heavy atom. The summed E-state index contributed by atoms with van der Waals surface area (Å²) >= 11 is 0. The number of nitrogens with one attached hydrogen (secondary N) is 4. The standard InChI is InChI=1S/C52H59N9O10/c1-28(2)42(57-49(64)67-5)47(62)60-24-35(71-51(66)59-23-34-15-16-41-44(36(34)25-59)70-27-69-41)19-39(60)45-53-21-37(55-45)32-11-7-30(8-12-32)31-9-13-33(14-10-31)38-22-54-46(56-38)40-20-52(17-18-52)26-61(40)48(63)43(29(3)4)58-50(65)68-6/h7-16,21-22,28-29,35,39-40,42-43H,17-20,23-27H2,1-6H3,(H,53,55)(H,54,56)(H,57,64)(H,58,65)/t35?,39-,40-,42-,43?/m0/s1. The predicted molar refractivity (Wildman–Crippen MR) is 257 cm³/mol. The minimum absolute atomic E-state index is 0.0926. The number of aromatic amines is 2. The van der Waals surface area contributed by atoms with Crippen LogP contribution in [0.5, 0.6) is 11.5 Å². The molecule has 6 heterocycles. The first-order valence-electron chi connectivity index (χ1n) is 24.2. The minimum Gasteiger partial charge on any atom is -0.454 e. The normalized spacial score (nSPS) is 20.3. The monoisotopic (exact) mass is 969 g/mol. The Labute approximate surface area is 410 Å². The lowest BCUT2D eigenvalue weighted by molar-refractivity contribution is -0.136. The number of aromatic nitrogens is 4. The van der Waals surface area contributed by atoms with Crippen LogP contribution in [0.15, 0.2) is 73.1 Å². The van der Waals surface area contributed by atoms with Gasteiger partial charge in [0.15, 0.2) is 11.5 Å². The summed E-state index contributed by atoms with van der Waals surface area (Å²) in [7, 11) is 2.54. The number of alkyl carbamates (subject to hydrolysis) is 2. The largest absolute Gasteiger partial charge is 0.454 e. The number of likely N-dealkylation sites (tertiary alicyclic amines) is 2. The summed E-state index contributed by atoms with van der Waals surface area (Å²) in [5.74, 6) is 1.66. The fourth-order valence-corrected chi connectivity index (χ4v) is 10.4. The molecule has 1 saturated carbocycles. The van der Waals surface area contributed by atoms with Crippen LogP contribution in [0, 0.1) is 17.3 Å². The average molecular weight is 970 g/mol. The molecule has 1 aliphatic carbocycles. The van der Waals surface area contributed by atoms with Crippen molar-refractivity contribution in [2.75, 3.05) is 34.1 Å². The van der Waals surface area contributed by atoms with Gasteiger partial charge in [-0.05, 0) is 59.3 Å². The third-order valence-electron chi connectivity index (χ3n) is 14.6. The number of carbonyl (C=O) groups excluding carboxylic acids is 5. The van der Waals surface area contributed by atoms with E-state index in [1.807, 2.05) is 99.5 Å². The van der Waals surface area contributed by atoms with Gasteiger partial charge >= 0.3 is 18.3 Å². The maximum Gasteiger partial charge on any atom is 0.410 e. The summed E-state index contributed by atoms with van der Waals surface area (Å²) in [4.78, 5) is 88.2. The highest BCUT2D eigenvalue weighted by Crippen LogP contribution is 2.58. The molecule has 5 aromatic rings. The number of imidazole rings is 2. The van der Waals surface area contributed by atoms with Crippen LogP contribution in [0.1, 0.15) is 88.2 Å². The zero-order valence-corrected chi connectivity index (χ0v) is 40.7. The molecule has 2 unspecified atom stereocenters. The first-order chi connectivity index (χ1) is 34.2. The molecule has 19 nitrogen and oxygen atoms in total. The third-order valence-corrected chi connectivity index (χ3v) is 14.6. The second kappa shape index (κ2) is 19.0. The molecule has 5 atom stereocenters. The van der Waals surface area contributed by atoms with E-state index in [-0.39, 0.29) is 54.9 Å². The molecule has 19 heteroatoms. The van der Waals surface area contributed by atoms with Gasteiger partial charge in [-0.3, -0.25) is 14.5 Å². The van der Waals surface area contributed by atoms with E-state index in [1.54, 1.807) is 16.0 Å². The van der Waals surface area contributed by atoms with Gasteiger partial charge in [0.05, 0.1) is 50.8 Å². The lowest BCUT2D eigenvalue weighted by atomic mass is 10.0. The molecule has 4 N–H and O–H groups in total. The Morgan fingerprint density at radius 2 is 1.25 bits per heavy atom. The quantitative estimate of drug-likeness (QED) is 0.0895. The van der Waals surface area contributed by atoms with Crippen LogP contribution in [-0.2, 0) is 36.9 Å². The van der Waals surface area contributed by atoms with Crippen LogP contribution >= 0.6 is 0 Å². The molecule has 0 bridgehead atoms. The molecule has 5 aliphatic rings. The number of hydrogen-bond donors (Lipinski definition) is 4. The molecule has 0 radical (unpaired) electrons. The van der Waals surface area contributed by atoms with Gasteiger partial charge < -0.3 is 54.1 Å². The molecule has 71 heavy (non-hydrogen) atoms. The number of amides is 5. The highest BCUT2D eigenvalue weighted by Gasteiger charge is 2.55. The molecule has 3 aromatic carbocycles. The number of hydrogen-bond acceptors (Lipinski definition) is 12. The number of nitrogens with zero attached hydrogens (tertiary/aromatic N) is 5. The summed E-state index contributed by atoms with van der Waals surface area (Å²) in [6.45, 7) is 9.02. The maximum absolute atomic E-state index is 14.3. The van der Waals surface area contributed by atoms with E-state index >= 15 is 0 Å². The maximum atomic E-state index is 14.3. The molecule has 3 fully saturated rings. The summed E-state index contributed by atoms with van der Waals surface area (Å²) in [6, 6.07) is 17.5. The Morgan fingerprint density at radius 1 is 0.704 bits per heavy atom. The highest BCUT2D eigenvalue weighted by atomic mass is 16.7. The number of methoxy groups -OCH3 is 2. The number of ether oxygens (including phenoxy) is 5. The number of H-pyrrole nitrogens is 2. The summed E-state index contributed by atoms with van der Waals surface area (Å²) in [5.41, 5.74) is 7.16. The van der Waals surface area contributed by atoms with Gasteiger partial charge in [0.2, 0.25) is 18.6 Å². The van der Waals surface area contributed by atoms with Crippen molar-refractivity contribution >= 4 is 30.1 Å².